The zero-order valence-electron chi connectivity index (χ0n) is 17.8. The van der Waals surface area contributed by atoms with Gasteiger partial charge in [-0.15, -0.1) is 0 Å². The van der Waals surface area contributed by atoms with Crippen LogP contribution >= 0.6 is 11.6 Å². The predicted molar refractivity (Wildman–Crippen MR) is 128 cm³/mol. The van der Waals surface area contributed by atoms with E-state index in [1.807, 2.05) is 36.4 Å². The van der Waals surface area contributed by atoms with Gasteiger partial charge in [-0.2, -0.15) is 0 Å². The van der Waals surface area contributed by atoms with Gasteiger partial charge in [0.25, 0.3) is 0 Å². The third kappa shape index (κ3) is 3.92. The lowest BCUT2D eigenvalue weighted by Gasteiger charge is -2.28. The molecule has 0 spiro atoms. The first-order valence-electron chi connectivity index (χ1n) is 10.5. The maximum absolute atomic E-state index is 12.6. The SMILES string of the molecule is COc1cc(C2CC(=O)Nc3ccc4ccccc4c32)ccc1OC(=O)c1ccccc1Cl. The second-order valence-corrected chi connectivity index (χ2v) is 8.24. The van der Waals surface area contributed by atoms with Crippen molar-refractivity contribution in [1.82, 2.24) is 0 Å². The van der Waals surface area contributed by atoms with Gasteiger partial charge in [0.15, 0.2) is 11.5 Å². The number of carbonyl (C=O) groups excluding carboxylic acids is 2. The molecule has 1 heterocycles. The van der Waals surface area contributed by atoms with Gasteiger partial charge in [-0.1, -0.05) is 60.1 Å². The van der Waals surface area contributed by atoms with Crippen molar-refractivity contribution >= 4 is 39.9 Å². The topological polar surface area (TPSA) is 64.6 Å². The molecule has 0 saturated carbocycles. The molecule has 1 aliphatic rings. The van der Waals surface area contributed by atoms with Gasteiger partial charge >= 0.3 is 5.97 Å². The van der Waals surface area contributed by atoms with Crippen LogP contribution in [0.1, 0.15) is 33.8 Å². The second-order valence-electron chi connectivity index (χ2n) is 7.83. The number of amides is 1. The highest BCUT2D eigenvalue weighted by atomic mass is 35.5. The minimum absolute atomic E-state index is 0.0454. The van der Waals surface area contributed by atoms with Gasteiger partial charge in [0.2, 0.25) is 5.91 Å². The molecule has 164 valence electrons. The van der Waals surface area contributed by atoms with E-state index in [4.69, 9.17) is 21.1 Å². The molecule has 5 nitrogen and oxygen atoms in total. The lowest BCUT2D eigenvalue weighted by atomic mass is 9.82. The summed E-state index contributed by atoms with van der Waals surface area (Å²) in [5, 5.41) is 5.50. The zero-order valence-corrected chi connectivity index (χ0v) is 18.6. The summed E-state index contributed by atoms with van der Waals surface area (Å²) < 4.78 is 11.1. The zero-order chi connectivity index (χ0) is 22.9. The number of rotatable bonds is 4. The Kier molecular flexibility index (Phi) is 5.48. The van der Waals surface area contributed by atoms with Gasteiger partial charge in [0.1, 0.15) is 0 Å². The number of halogens is 1. The van der Waals surface area contributed by atoms with Gasteiger partial charge in [-0.25, -0.2) is 4.79 Å². The Bertz CT molecular complexity index is 1400. The number of nitrogens with one attached hydrogen (secondary N) is 1. The molecule has 0 fully saturated rings. The number of anilines is 1. The molecule has 0 saturated heterocycles. The van der Waals surface area contributed by atoms with Crippen molar-refractivity contribution in [3.05, 3.63) is 101 Å². The van der Waals surface area contributed by atoms with Crippen LogP contribution in [0.2, 0.25) is 5.02 Å². The van der Waals surface area contributed by atoms with Gasteiger partial charge in [0, 0.05) is 18.0 Å². The van der Waals surface area contributed by atoms with Crippen LogP contribution < -0.4 is 14.8 Å². The number of fused-ring (bicyclic) bond motifs is 3. The third-order valence-electron chi connectivity index (χ3n) is 5.87. The first-order chi connectivity index (χ1) is 16.0. The number of benzene rings is 4. The molecular weight excluding hydrogens is 438 g/mol. The number of methoxy groups -OCH3 is 1. The number of carbonyl (C=O) groups is 2. The van der Waals surface area contributed by atoms with Gasteiger partial charge in [-0.05, 0) is 52.2 Å². The largest absolute Gasteiger partial charge is 0.493 e. The van der Waals surface area contributed by atoms with Crippen LogP contribution in [0.5, 0.6) is 11.5 Å². The van der Waals surface area contributed by atoms with Crippen LogP contribution in [-0.4, -0.2) is 19.0 Å². The van der Waals surface area contributed by atoms with Crippen LogP contribution in [-0.2, 0) is 4.79 Å². The summed E-state index contributed by atoms with van der Waals surface area (Å²) in [7, 11) is 1.52. The maximum Gasteiger partial charge on any atom is 0.345 e. The molecule has 6 heteroatoms. The molecular formula is C27H20ClNO4. The standard InChI is InChI=1S/C27H20ClNO4/c1-32-24-14-17(11-13-23(24)33-27(31)19-8-4-5-9-21(19)28)20-15-25(30)29-22-12-10-16-6-2-3-7-18(16)26(20)22/h2-14,20H,15H2,1H3,(H,29,30). The van der Waals surface area contributed by atoms with Crippen molar-refractivity contribution in [2.24, 2.45) is 0 Å². The van der Waals surface area contributed by atoms with E-state index in [9.17, 15) is 9.59 Å². The Balaban J connectivity index is 1.54. The minimum Gasteiger partial charge on any atom is -0.493 e. The van der Waals surface area contributed by atoms with Crippen molar-refractivity contribution in [3.63, 3.8) is 0 Å². The number of esters is 1. The fourth-order valence-corrected chi connectivity index (χ4v) is 4.53. The summed E-state index contributed by atoms with van der Waals surface area (Å²) in [6, 6.07) is 24.2. The molecule has 1 amide bonds. The van der Waals surface area contributed by atoms with E-state index >= 15 is 0 Å². The average molecular weight is 458 g/mol. The predicted octanol–water partition coefficient (Wildman–Crippen LogP) is 6.20. The van der Waals surface area contributed by atoms with Gasteiger partial charge in [-0.3, -0.25) is 4.79 Å². The van der Waals surface area contributed by atoms with E-state index in [1.165, 1.54) is 7.11 Å². The monoisotopic (exact) mass is 457 g/mol. The molecule has 1 N–H and O–H groups in total. The van der Waals surface area contributed by atoms with Crippen molar-refractivity contribution in [1.29, 1.82) is 0 Å². The Labute approximate surface area is 195 Å². The summed E-state index contributed by atoms with van der Waals surface area (Å²) in [6.07, 6.45) is 0.308. The van der Waals surface area contributed by atoms with E-state index in [0.717, 1.165) is 27.6 Å². The Morgan fingerprint density at radius 3 is 2.58 bits per heavy atom. The highest BCUT2D eigenvalue weighted by Gasteiger charge is 2.29. The summed E-state index contributed by atoms with van der Waals surface area (Å²) >= 11 is 6.13. The molecule has 1 aliphatic heterocycles. The van der Waals surface area contributed by atoms with Crippen LogP contribution in [0.25, 0.3) is 10.8 Å². The number of hydrogen-bond donors (Lipinski definition) is 1. The van der Waals surface area contributed by atoms with E-state index in [1.54, 1.807) is 30.3 Å². The van der Waals surface area contributed by atoms with Crippen molar-refractivity contribution < 1.29 is 19.1 Å². The van der Waals surface area contributed by atoms with E-state index in [2.05, 4.69) is 17.4 Å². The first kappa shape index (κ1) is 21.0. The normalized spacial score (nSPS) is 15.0. The second kappa shape index (κ2) is 8.60. The van der Waals surface area contributed by atoms with E-state index in [-0.39, 0.29) is 23.1 Å². The highest BCUT2D eigenvalue weighted by Crippen LogP contribution is 2.43. The van der Waals surface area contributed by atoms with E-state index < -0.39 is 5.97 Å². The summed E-state index contributed by atoms with van der Waals surface area (Å²) in [4.78, 5) is 25.1. The molecule has 1 unspecified atom stereocenters. The summed E-state index contributed by atoms with van der Waals surface area (Å²) in [5.41, 5.74) is 3.05. The lowest BCUT2D eigenvalue weighted by Crippen LogP contribution is -2.23. The molecule has 0 radical (unpaired) electrons. The van der Waals surface area contributed by atoms with Crippen LogP contribution in [0, 0.1) is 0 Å². The maximum atomic E-state index is 12.6. The molecule has 1 atom stereocenters. The molecule has 0 bridgehead atoms. The number of hydrogen-bond acceptors (Lipinski definition) is 4. The number of ether oxygens (including phenoxy) is 2. The van der Waals surface area contributed by atoms with Gasteiger partial charge < -0.3 is 14.8 Å². The molecule has 33 heavy (non-hydrogen) atoms. The lowest BCUT2D eigenvalue weighted by molar-refractivity contribution is -0.116. The Hall–Kier alpha value is -3.83. The molecule has 0 aromatic heterocycles. The quantitative estimate of drug-likeness (QED) is 0.293. The Morgan fingerprint density at radius 1 is 0.970 bits per heavy atom. The van der Waals surface area contributed by atoms with Crippen molar-refractivity contribution in [2.75, 3.05) is 12.4 Å². The Morgan fingerprint density at radius 2 is 1.76 bits per heavy atom. The van der Waals surface area contributed by atoms with Gasteiger partial charge in [0.05, 0.1) is 17.7 Å². The minimum atomic E-state index is -0.569. The van der Waals surface area contributed by atoms with Crippen molar-refractivity contribution in [2.45, 2.75) is 12.3 Å². The fraction of sp³-hybridized carbons (Fsp3) is 0.111. The summed E-state index contributed by atoms with van der Waals surface area (Å²) in [5.74, 6) is -0.0941. The molecule has 4 aromatic carbocycles. The molecule has 4 aromatic rings. The highest BCUT2D eigenvalue weighted by molar-refractivity contribution is 6.33. The van der Waals surface area contributed by atoms with E-state index in [0.29, 0.717) is 17.2 Å². The van der Waals surface area contributed by atoms with Crippen molar-refractivity contribution in [3.8, 4) is 11.5 Å². The molecule has 0 aliphatic carbocycles. The fourth-order valence-electron chi connectivity index (χ4n) is 4.32. The third-order valence-corrected chi connectivity index (χ3v) is 6.20. The average Bonchev–Trinajstić information content (AvgIpc) is 2.83. The summed E-state index contributed by atoms with van der Waals surface area (Å²) in [6.45, 7) is 0. The van der Waals surface area contributed by atoms with Crippen LogP contribution in [0.3, 0.4) is 0 Å². The first-order valence-corrected chi connectivity index (χ1v) is 10.9. The van der Waals surface area contributed by atoms with Crippen LogP contribution in [0.4, 0.5) is 5.69 Å². The smallest absolute Gasteiger partial charge is 0.345 e. The van der Waals surface area contributed by atoms with Crippen LogP contribution in [0.15, 0.2) is 78.9 Å². The molecule has 5 rings (SSSR count).